The number of hydrogen-bond acceptors (Lipinski definition) is 3. The van der Waals surface area contributed by atoms with Crippen molar-refractivity contribution in [1.82, 2.24) is 10.2 Å². The minimum atomic E-state index is 0.902. The third-order valence-corrected chi connectivity index (χ3v) is 2.72. The van der Waals surface area contributed by atoms with Gasteiger partial charge in [-0.15, -0.1) is 0 Å². The van der Waals surface area contributed by atoms with E-state index in [1.165, 1.54) is 31.4 Å². The van der Waals surface area contributed by atoms with Gasteiger partial charge >= 0.3 is 0 Å². The van der Waals surface area contributed by atoms with Crippen LogP contribution >= 0.6 is 0 Å². The summed E-state index contributed by atoms with van der Waals surface area (Å²) in [5.41, 5.74) is 1.22. The average Bonchev–Trinajstić information content (AvgIpc) is 2.78. The Kier molecular flexibility index (Phi) is 6.93. The van der Waals surface area contributed by atoms with E-state index in [1.807, 2.05) is 6.07 Å². The van der Waals surface area contributed by atoms with Crippen molar-refractivity contribution in [2.75, 3.05) is 26.7 Å². The molecule has 0 unspecified atom stereocenters. The van der Waals surface area contributed by atoms with E-state index in [4.69, 9.17) is 4.42 Å². The molecule has 1 rings (SSSR count). The molecule has 0 saturated carbocycles. The molecule has 0 aliphatic heterocycles. The van der Waals surface area contributed by atoms with E-state index < -0.39 is 0 Å². The van der Waals surface area contributed by atoms with Crippen LogP contribution in [0.5, 0.6) is 0 Å². The van der Waals surface area contributed by atoms with Gasteiger partial charge in [0.05, 0.1) is 12.5 Å². The van der Waals surface area contributed by atoms with Crippen LogP contribution in [-0.2, 0) is 6.54 Å². The van der Waals surface area contributed by atoms with Crippen molar-refractivity contribution >= 4 is 0 Å². The molecular weight excluding hydrogens is 200 g/mol. The fourth-order valence-corrected chi connectivity index (χ4v) is 1.64. The van der Waals surface area contributed by atoms with Crippen LogP contribution in [0.25, 0.3) is 0 Å². The Labute approximate surface area is 98.8 Å². The number of unbranched alkanes of at least 4 members (excludes halogenated alkanes) is 2. The van der Waals surface area contributed by atoms with Gasteiger partial charge in [-0.2, -0.15) is 0 Å². The predicted molar refractivity (Wildman–Crippen MR) is 67.4 cm³/mol. The Balaban J connectivity index is 1.94. The number of rotatable bonds is 9. The van der Waals surface area contributed by atoms with E-state index in [0.717, 1.165) is 19.6 Å². The van der Waals surface area contributed by atoms with Crippen molar-refractivity contribution in [3.63, 3.8) is 0 Å². The smallest absolute Gasteiger partial charge is 0.0947 e. The lowest BCUT2D eigenvalue weighted by Crippen LogP contribution is -2.29. The van der Waals surface area contributed by atoms with Gasteiger partial charge in [0.1, 0.15) is 0 Å². The standard InChI is InChI=1S/C13H24N2O/c1-3-4-5-8-15(2)9-7-14-11-13-6-10-16-12-13/h6,10,12,14H,3-5,7-9,11H2,1-2H3. The summed E-state index contributed by atoms with van der Waals surface area (Å²) in [4.78, 5) is 2.39. The molecular formula is C13H24N2O. The first-order valence-corrected chi connectivity index (χ1v) is 6.23. The summed E-state index contributed by atoms with van der Waals surface area (Å²) < 4.78 is 5.01. The molecule has 0 amide bonds. The highest BCUT2D eigenvalue weighted by Crippen LogP contribution is 1.98. The van der Waals surface area contributed by atoms with Crippen LogP contribution in [0.2, 0.25) is 0 Å². The highest BCUT2D eigenvalue weighted by atomic mass is 16.3. The van der Waals surface area contributed by atoms with Gasteiger partial charge in [0.2, 0.25) is 0 Å². The van der Waals surface area contributed by atoms with E-state index in [2.05, 4.69) is 24.2 Å². The van der Waals surface area contributed by atoms with Crippen LogP contribution in [-0.4, -0.2) is 31.6 Å². The quantitative estimate of drug-likeness (QED) is 0.653. The lowest BCUT2D eigenvalue weighted by atomic mass is 10.2. The number of nitrogens with zero attached hydrogens (tertiary/aromatic N) is 1. The Morgan fingerprint density at radius 3 is 2.88 bits per heavy atom. The lowest BCUT2D eigenvalue weighted by Gasteiger charge is -2.16. The summed E-state index contributed by atoms with van der Waals surface area (Å²) in [5, 5.41) is 3.41. The Morgan fingerprint density at radius 2 is 2.19 bits per heavy atom. The summed E-state index contributed by atoms with van der Waals surface area (Å²) in [6, 6.07) is 2.00. The molecule has 0 spiro atoms. The van der Waals surface area contributed by atoms with E-state index in [0.29, 0.717) is 0 Å². The molecule has 1 N–H and O–H groups in total. The molecule has 92 valence electrons. The molecule has 0 aromatic carbocycles. The molecule has 16 heavy (non-hydrogen) atoms. The second-order valence-electron chi connectivity index (χ2n) is 4.32. The van der Waals surface area contributed by atoms with Crippen molar-refractivity contribution in [2.45, 2.75) is 32.7 Å². The first kappa shape index (κ1) is 13.3. The fourth-order valence-electron chi connectivity index (χ4n) is 1.64. The number of furan rings is 1. The zero-order chi connectivity index (χ0) is 11.6. The van der Waals surface area contributed by atoms with Crippen molar-refractivity contribution < 1.29 is 4.42 Å². The lowest BCUT2D eigenvalue weighted by molar-refractivity contribution is 0.323. The van der Waals surface area contributed by atoms with Crippen LogP contribution in [0, 0.1) is 0 Å². The first-order valence-electron chi connectivity index (χ1n) is 6.23. The number of likely N-dealkylation sites (N-methyl/N-ethyl adjacent to an activating group) is 1. The molecule has 0 atom stereocenters. The third kappa shape index (κ3) is 5.93. The molecule has 0 radical (unpaired) electrons. The molecule has 0 bridgehead atoms. The molecule has 0 aliphatic rings. The van der Waals surface area contributed by atoms with Gasteiger partial charge in [0.25, 0.3) is 0 Å². The van der Waals surface area contributed by atoms with Gasteiger partial charge in [0.15, 0.2) is 0 Å². The van der Waals surface area contributed by atoms with Crippen molar-refractivity contribution in [3.8, 4) is 0 Å². The maximum absolute atomic E-state index is 5.01. The summed E-state index contributed by atoms with van der Waals surface area (Å²) in [5.74, 6) is 0. The van der Waals surface area contributed by atoms with E-state index in [-0.39, 0.29) is 0 Å². The second-order valence-corrected chi connectivity index (χ2v) is 4.32. The number of nitrogens with one attached hydrogen (secondary N) is 1. The van der Waals surface area contributed by atoms with Crippen LogP contribution in [0.3, 0.4) is 0 Å². The molecule has 3 nitrogen and oxygen atoms in total. The van der Waals surface area contributed by atoms with E-state index >= 15 is 0 Å². The van der Waals surface area contributed by atoms with E-state index in [1.54, 1.807) is 12.5 Å². The van der Waals surface area contributed by atoms with Crippen LogP contribution in [0.15, 0.2) is 23.0 Å². The molecule has 0 aliphatic carbocycles. The zero-order valence-electron chi connectivity index (χ0n) is 10.5. The van der Waals surface area contributed by atoms with Crippen molar-refractivity contribution in [1.29, 1.82) is 0 Å². The second kappa shape index (κ2) is 8.36. The minimum Gasteiger partial charge on any atom is -0.472 e. The summed E-state index contributed by atoms with van der Waals surface area (Å²) >= 11 is 0. The monoisotopic (exact) mass is 224 g/mol. The maximum Gasteiger partial charge on any atom is 0.0947 e. The Bertz CT molecular complexity index is 246. The van der Waals surface area contributed by atoms with Crippen molar-refractivity contribution in [2.24, 2.45) is 0 Å². The summed E-state index contributed by atoms with van der Waals surface area (Å²) in [7, 11) is 2.19. The zero-order valence-corrected chi connectivity index (χ0v) is 10.5. The Morgan fingerprint density at radius 1 is 1.31 bits per heavy atom. The maximum atomic E-state index is 5.01. The molecule has 0 fully saturated rings. The topological polar surface area (TPSA) is 28.4 Å². The molecule has 1 aromatic heterocycles. The number of hydrogen-bond donors (Lipinski definition) is 1. The van der Waals surface area contributed by atoms with Gasteiger partial charge in [0, 0.05) is 25.2 Å². The van der Waals surface area contributed by atoms with Crippen LogP contribution < -0.4 is 5.32 Å². The molecule has 1 aromatic rings. The molecule has 3 heteroatoms. The SMILES string of the molecule is CCCCCN(C)CCNCc1ccoc1. The fraction of sp³-hybridized carbons (Fsp3) is 0.692. The summed E-state index contributed by atoms with van der Waals surface area (Å²) in [6.45, 7) is 6.50. The summed E-state index contributed by atoms with van der Waals surface area (Å²) in [6.07, 6.45) is 7.46. The normalized spacial score (nSPS) is 11.2. The van der Waals surface area contributed by atoms with Gasteiger partial charge in [-0.05, 0) is 26.1 Å². The van der Waals surface area contributed by atoms with Gasteiger partial charge in [-0.25, -0.2) is 0 Å². The third-order valence-electron chi connectivity index (χ3n) is 2.72. The van der Waals surface area contributed by atoms with Gasteiger partial charge < -0.3 is 14.6 Å². The average molecular weight is 224 g/mol. The Hall–Kier alpha value is -0.800. The molecule has 1 heterocycles. The predicted octanol–water partition coefficient (Wildman–Crippen LogP) is 2.49. The van der Waals surface area contributed by atoms with Crippen molar-refractivity contribution in [3.05, 3.63) is 24.2 Å². The van der Waals surface area contributed by atoms with Crippen LogP contribution in [0.1, 0.15) is 31.7 Å². The highest BCUT2D eigenvalue weighted by Gasteiger charge is 1.98. The largest absolute Gasteiger partial charge is 0.472 e. The highest BCUT2D eigenvalue weighted by molar-refractivity contribution is 5.04. The van der Waals surface area contributed by atoms with E-state index in [9.17, 15) is 0 Å². The molecule has 0 saturated heterocycles. The van der Waals surface area contributed by atoms with Crippen LogP contribution in [0.4, 0.5) is 0 Å². The first-order chi connectivity index (χ1) is 7.83. The minimum absolute atomic E-state index is 0.902. The van der Waals surface area contributed by atoms with Gasteiger partial charge in [-0.1, -0.05) is 19.8 Å². The van der Waals surface area contributed by atoms with Gasteiger partial charge in [-0.3, -0.25) is 0 Å².